The van der Waals surface area contributed by atoms with Crippen LogP contribution in [0.5, 0.6) is 0 Å². The number of alkyl halides is 2. The summed E-state index contributed by atoms with van der Waals surface area (Å²) in [7, 11) is 0. The normalized spacial score (nSPS) is 22.0. The van der Waals surface area contributed by atoms with Crippen molar-refractivity contribution < 1.29 is 4.79 Å². The van der Waals surface area contributed by atoms with Crippen molar-refractivity contribution in [1.29, 1.82) is 0 Å². The molecule has 9 heteroatoms. The van der Waals surface area contributed by atoms with E-state index < -0.39 is 4.33 Å². The number of benzene rings is 2. The number of amides is 1. The second-order valence-corrected chi connectivity index (χ2v) is 10.8. The Balaban J connectivity index is 1.57. The number of nitrogens with one attached hydrogen (secondary N) is 1. The van der Waals surface area contributed by atoms with E-state index in [1.165, 1.54) is 0 Å². The van der Waals surface area contributed by atoms with Gasteiger partial charge in [0.15, 0.2) is 0 Å². The third kappa shape index (κ3) is 3.81. The molecule has 0 bridgehead atoms. The number of fused-ring (bicyclic) bond motifs is 1. The standard InChI is InChI=1S/C22H18Cl5N3O/c1-2-30-17-9-15(25)14(21(31)28-13-3-4-13)8-16(17)29-20(30)19-18(22(19,26)27)10-5-11(23)7-12(24)6-10/h5-9,13,18-19H,2-4H2,1H3,(H,28,31). The third-order valence-electron chi connectivity index (χ3n) is 5.92. The first-order valence-corrected chi connectivity index (χ1v) is 11.9. The van der Waals surface area contributed by atoms with E-state index in [9.17, 15) is 4.79 Å². The minimum absolute atomic E-state index is 0.177. The van der Waals surface area contributed by atoms with Gasteiger partial charge in [0.1, 0.15) is 10.2 Å². The molecule has 4 nitrogen and oxygen atoms in total. The summed E-state index contributed by atoms with van der Waals surface area (Å²) in [5.74, 6) is 0.116. The van der Waals surface area contributed by atoms with Gasteiger partial charge < -0.3 is 9.88 Å². The van der Waals surface area contributed by atoms with E-state index in [4.69, 9.17) is 63.0 Å². The highest BCUT2D eigenvalue weighted by Gasteiger charge is 2.66. The van der Waals surface area contributed by atoms with Gasteiger partial charge in [-0.2, -0.15) is 0 Å². The predicted octanol–water partition coefficient (Wildman–Crippen LogP) is 6.96. The average molecular weight is 518 g/mol. The van der Waals surface area contributed by atoms with Crippen molar-refractivity contribution >= 4 is 74.9 Å². The van der Waals surface area contributed by atoms with Gasteiger partial charge in [-0.1, -0.05) is 34.8 Å². The lowest BCUT2D eigenvalue weighted by molar-refractivity contribution is 0.0951. The van der Waals surface area contributed by atoms with E-state index >= 15 is 0 Å². The van der Waals surface area contributed by atoms with Crippen LogP contribution in [0.1, 0.15) is 53.3 Å². The summed E-state index contributed by atoms with van der Waals surface area (Å²) in [6.45, 7) is 2.67. The Morgan fingerprint density at radius 3 is 2.39 bits per heavy atom. The van der Waals surface area contributed by atoms with Gasteiger partial charge in [0.25, 0.3) is 5.91 Å². The number of rotatable bonds is 5. The molecule has 0 spiro atoms. The van der Waals surface area contributed by atoms with Crippen molar-refractivity contribution in [3.63, 3.8) is 0 Å². The summed E-state index contributed by atoms with van der Waals surface area (Å²) >= 11 is 32.3. The molecule has 2 saturated carbocycles. The van der Waals surface area contributed by atoms with Gasteiger partial charge in [-0.15, -0.1) is 23.2 Å². The summed E-state index contributed by atoms with van der Waals surface area (Å²) in [6, 6.07) is 9.10. The van der Waals surface area contributed by atoms with Crippen LogP contribution < -0.4 is 5.32 Å². The van der Waals surface area contributed by atoms with Crippen molar-refractivity contribution in [1.82, 2.24) is 14.9 Å². The zero-order chi connectivity index (χ0) is 22.1. The first kappa shape index (κ1) is 21.7. The molecule has 2 unspecified atom stereocenters. The number of hydrogen-bond donors (Lipinski definition) is 1. The number of carbonyl (C=O) groups excluding carboxylic acids is 1. The van der Waals surface area contributed by atoms with Crippen molar-refractivity contribution in [3.05, 3.63) is 62.4 Å². The lowest BCUT2D eigenvalue weighted by Crippen LogP contribution is -2.25. The molecule has 0 saturated heterocycles. The van der Waals surface area contributed by atoms with Crippen LogP contribution in [0, 0.1) is 0 Å². The maximum atomic E-state index is 12.6. The van der Waals surface area contributed by atoms with Crippen LogP contribution in [-0.2, 0) is 6.54 Å². The molecule has 1 aromatic heterocycles. The summed E-state index contributed by atoms with van der Waals surface area (Å²) in [6.07, 6.45) is 2.01. The Morgan fingerprint density at radius 1 is 1.10 bits per heavy atom. The van der Waals surface area contributed by atoms with Gasteiger partial charge >= 0.3 is 0 Å². The van der Waals surface area contributed by atoms with Crippen molar-refractivity contribution in [2.75, 3.05) is 0 Å². The van der Waals surface area contributed by atoms with Crippen LogP contribution >= 0.6 is 58.0 Å². The molecule has 2 aromatic carbocycles. The molecular formula is C22H18Cl5N3O. The van der Waals surface area contributed by atoms with E-state index in [1.807, 2.05) is 23.6 Å². The number of imidazole rings is 1. The Labute approximate surface area is 204 Å². The van der Waals surface area contributed by atoms with Crippen molar-refractivity contribution in [2.45, 2.75) is 48.5 Å². The highest BCUT2D eigenvalue weighted by atomic mass is 35.5. The topological polar surface area (TPSA) is 46.9 Å². The molecular weight excluding hydrogens is 500 g/mol. The largest absolute Gasteiger partial charge is 0.349 e. The minimum Gasteiger partial charge on any atom is -0.349 e. The fourth-order valence-corrected chi connectivity index (χ4v) is 5.83. The van der Waals surface area contributed by atoms with Gasteiger partial charge in [0.05, 0.1) is 27.5 Å². The van der Waals surface area contributed by atoms with Crippen LogP contribution in [0.2, 0.25) is 15.1 Å². The molecule has 1 N–H and O–H groups in total. The first-order chi connectivity index (χ1) is 14.7. The third-order valence-corrected chi connectivity index (χ3v) is 7.61. The van der Waals surface area contributed by atoms with Crippen LogP contribution in [0.3, 0.4) is 0 Å². The summed E-state index contributed by atoms with van der Waals surface area (Å²) in [5, 5.41) is 4.42. The van der Waals surface area contributed by atoms with Crippen LogP contribution in [0.4, 0.5) is 0 Å². The lowest BCUT2D eigenvalue weighted by atomic mass is 10.1. The minimum atomic E-state index is -1.04. The fraction of sp³-hybridized carbons (Fsp3) is 0.364. The molecule has 1 heterocycles. The molecule has 3 aromatic rings. The molecule has 2 aliphatic carbocycles. The second-order valence-electron chi connectivity index (χ2n) is 8.12. The number of nitrogens with zero attached hydrogens (tertiary/aromatic N) is 2. The quantitative estimate of drug-likeness (QED) is 0.372. The monoisotopic (exact) mass is 515 g/mol. The van der Waals surface area contributed by atoms with E-state index in [0.717, 1.165) is 29.7 Å². The maximum absolute atomic E-state index is 12.6. The molecule has 1 amide bonds. The van der Waals surface area contributed by atoms with E-state index in [-0.39, 0.29) is 23.8 Å². The summed E-state index contributed by atoms with van der Waals surface area (Å²) in [4.78, 5) is 17.4. The Hall–Kier alpha value is -1.17. The SMILES string of the molecule is CCn1c(C2C(c3cc(Cl)cc(Cl)c3)C2(Cl)Cl)nc2cc(C(=O)NC3CC3)c(Cl)cc21. The highest BCUT2D eigenvalue weighted by Crippen LogP contribution is 2.70. The van der Waals surface area contributed by atoms with Gasteiger partial charge in [-0.25, -0.2) is 4.98 Å². The van der Waals surface area contributed by atoms with Gasteiger partial charge in [0, 0.05) is 28.5 Å². The average Bonchev–Trinajstić information content (AvgIpc) is 3.56. The van der Waals surface area contributed by atoms with Crippen molar-refractivity contribution in [3.8, 4) is 0 Å². The Morgan fingerprint density at radius 2 is 1.77 bits per heavy atom. The summed E-state index contributed by atoms with van der Waals surface area (Å²) in [5.41, 5.74) is 2.81. The van der Waals surface area contributed by atoms with Crippen LogP contribution in [0.25, 0.3) is 11.0 Å². The molecule has 5 rings (SSSR count). The number of aromatic nitrogens is 2. The molecule has 0 radical (unpaired) electrons. The van der Waals surface area contributed by atoms with Gasteiger partial charge in [0.2, 0.25) is 0 Å². The molecule has 162 valence electrons. The molecule has 2 fully saturated rings. The smallest absolute Gasteiger partial charge is 0.253 e. The molecule has 31 heavy (non-hydrogen) atoms. The van der Waals surface area contributed by atoms with E-state index in [0.29, 0.717) is 32.7 Å². The van der Waals surface area contributed by atoms with E-state index in [1.54, 1.807) is 18.2 Å². The summed E-state index contributed by atoms with van der Waals surface area (Å²) < 4.78 is 0.998. The second kappa shape index (κ2) is 7.71. The molecule has 2 atom stereocenters. The highest BCUT2D eigenvalue weighted by molar-refractivity contribution is 6.52. The number of aryl methyl sites for hydroxylation is 1. The Bertz CT molecular complexity index is 1200. The number of carbonyl (C=O) groups is 1. The molecule has 2 aliphatic rings. The van der Waals surface area contributed by atoms with Crippen LogP contribution in [0.15, 0.2) is 30.3 Å². The maximum Gasteiger partial charge on any atom is 0.253 e. The number of hydrogen-bond acceptors (Lipinski definition) is 2. The lowest BCUT2D eigenvalue weighted by Gasteiger charge is -2.08. The zero-order valence-corrected chi connectivity index (χ0v) is 20.2. The van der Waals surface area contributed by atoms with Gasteiger partial charge in [-0.05, 0) is 55.7 Å². The predicted molar refractivity (Wildman–Crippen MR) is 127 cm³/mol. The number of halogens is 5. The van der Waals surface area contributed by atoms with Crippen LogP contribution in [-0.4, -0.2) is 25.8 Å². The Kier molecular flexibility index (Phi) is 5.39. The first-order valence-electron chi connectivity index (χ1n) is 10.0. The van der Waals surface area contributed by atoms with Gasteiger partial charge in [-0.3, -0.25) is 4.79 Å². The molecule has 0 aliphatic heterocycles. The van der Waals surface area contributed by atoms with E-state index in [2.05, 4.69) is 5.32 Å². The van der Waals surface area contributed by atoms with Crippen molar-refractivity contribution in [2.24, 2.45) is 0 Å². The zero-order valence-electron chi connectivity index (χ0n) is 16.4. The fourth-order valence-electron chi connectivity index (χ4n) is 4.22.